The summed E-state index contributed by atoms with van der Waals surface area (Å²) in [7, 11) is 0. The number of hydrogen-bond acceptors (Lipinski definition) is 3. The topological polar surface area (TPSA) is 35.5 Å². The first-order valence-corrected chi connectivity index (χ1v) is 8.78. The normalized spacial score (nSPS) is 14.1. The van der Waals surface area contributed by atoms with Gasteiger partial charge in [0.2, 0.25) is 5.78 Å². The molecule has 1 aliphatic rings. The van der Waals surface area contributed by atoms with Crippen molar-refractivity contribution in [2.45, 2.75) is 6.61 Å². The molecule has 0 unspecified atom stereocenters. The van der Waals surface area contributed by atoms with Gasteiger partial charge in [-0.05, 0) is 48.0 Å². The Morgan fingerprint density at radius 3 is 2.61 bits per heavy atom. The molecule has 0 spiro atoms. The number of Topliss-reactive ketones (excluding diaryl/α,β-unsaturated/α-hetero) is 1. The van der Waals surface area contributed by atoms with E-state index >= 15 is 0 Å². The summed E-state index contributed by atoms with van der Waals surface area (Å²) in [5.41, 5.74) is 1.56. The fraction of sp³-hybridized carbons (Fsp3) is 0.0455. The van der Waals surface area contributed by atoms with Gasteiger partial charge in [0.25, 0.3) is 0 Å². The maximum absolute atomic E-state index is 13.3. The molecule has 0 saturated carbocycles. The summed E-state index contributed by atoms with van der Waals surface area (Å²) in [4.78, 5) is 12.5. The Morgan fingerprint density at radius 1 is 1.00 bits per heavy atom. The second-order valence-corrected chi connectivity index (χ2v) is 6.58. The number of ketones is 1. The van der Waals surface area contributed by atoms with E-state index < -0.39 is 11.6 Å². The number of rotatable bonds is 4. The number of allylic oxidation sites excluding steroid dienone is 1. The van der Waals surface area contributed by atoms with E-state index in [2.05, 4.69) is 0 Å². The molecule has 1 heterocycles. The van der Waals surface area contributed by atoms with E-state index in [4.69, 9.17) is 21.1 Å². The summed E-state index contributed by atoms with van der Waals surface area (Å²) >= 11 is 5.99. The summed E-state index contributed by atoms with van der Waals surface area (Å²) < 4.78 is 37.7. The van der Waals surface area contributed by atoms with Crippen LogP contribution in [0.4, 0.5) is 8.78 Å². The Balaban J connectivity index is 1.52. The summed E-state index contributed by atoms with van der Waals surface area (Å²) in [6, 6.07) is 14.8. The molecular formula is C22H13ClF2O3. The fourth-order valence-electron chi connectivity index (χ4n) is 2.80. The first kappa shape index (κ1) is 18.2. The molecule has 0 aliphatic carbocycles. The quantitative estimate of drug-likeness (QED) is 0.520. The minimum absolute atomic E-state index is 0.110. The van der Waals surface area contributed by atoms with Crippen molar-refractivity contribution in [3.8, 4) is 11.5 Å². The summed E-state index contributed by atoms with van der Waals surface area (Å²) in [5.74, 6) is -0.163. The van der Waals surface area contributed by atoms with E-state index in [-0.39, 0.29) is 23.2 Å². The maximum Gasteiger partial charge on any atom is 0.231 e. The number of ether oxygens (including phenoxy) is 2. The van der Waals surface area contributed by atoms with Crippen molar-refractivity contribution < 1.29 is 23.0 Å². The molecule has 3 nitrogen and oxygen atoms in total. The van der Waals surface area contributed by atoms with Gasteiger partial charge in [-0.1, -0.05) is 29.8 Å². The standard InChI is InChI=1S/C22H13ClF2O3/c23-19-10-16(25)5-4-14(19)12-27-17-6-7-18-20(11-17)28-21(22(18)26)9-13-2-1-3-15(24)8-13/h1-11H,12H2. The van der Waals surface area contributed by atoms with E-state index in [1.165, 1.54) is 30.3 Å². The molecule has 3 aromatic carbocycles. The van der Waals surface area contributed by atoms with Gasteiger partial charge in [-0.15, -0.1) is 0 Å². The lowest BCUT2D eigenvalue weighted by Gasteiger charge is -2.08. The molecule has 140 valence electrons. The molecule has 0 fully saturated rings. The average Bonchev–Trinajstić information content (AvgIpc) is 2.96. The van der Waals surface area contributed by atoms with Crippen molar-refractivity contribution in [1.82, 2.24) is 0 Å². The first-order chi connectivity index (χ1) is 13.5. The highest BCUT2D eigenvalue weighted by Crippen LogP contribution is 2.35. The number of halogens is 3. The van der Waals surface area contributed by atoms with Gasteiger partial charge in [0, 0.05) is 11.6 Å². The summed E-state index contributed by atoms with van der Waals surface area (Å²) in [6.45, 7) is 0.137. The third-order valence-corrected chi connectivity index (χ3v) is 4.55. The maximum atomic E-state index is 13.3. The van der Waals surface area contributed by atoms with Crippen LogP contribution in [0.5, 0.6) is 11.5 Å². The fourth-order valence-corrected chi connectivity index (χ4v) is 3.03. The number of carbonyl (C=O) groups excluding carboxylic acids is 1. The van der Waals surface area contributed by atoms with E-state index in [1.807, 2.05) is 0 Å². The number of benzene rings is 3. The lowest BCUT2D eigenvalue weighted by Crippen LogP contribution is -1.98. The van der Waals surface area contributed by atoms with Crippen LogP contribution in [0.25, 0.3) is 6.08 Å². The zero-order chi connectivity index (χ0) is 19.7. The van der Waals surface area contributed by atoms with E-state index in [1.54, 1.807) is 36.4 Å². The highest BCUT2D eigenvalue weighted by molar-refractivity contribution is 6.31. The summed E-state index contributed by atoms with van der Waals surface area (Å²) in [5, 5.41) is 0.271. The minimum Gasteiger partial charge on any atom is -0.489 e. The van der Waals surface area contributed by atoms with Gasteiger partial charge >= 0.3 is 0 Å². The number of hydrogen-bond donors (Lipinski definition) is 0. The van der Waals surface area contributed by atoms with Crippen LogP contribution < -0.4 is 9.47 Å². The molecule has 0 amide bonds. The Labute approximate surface area is 164 Å². The predicted octanol–water partition coefficient (Wildman–Crippen LogP) is 5.81. The van der Waals surface area contributed by atoms with E-state index in [9.17, 15) is 13.6 Å². The van der Waals surface area contributed by atoms with Crippen molar-refractivity contribution in [1.29, 1.82) is 0 Å². The number of carbonyl (C=O) groups is 1. The lowest BCUT2D eigenvalue weighted by molar-refractivity contribution is 0.101. The molecule has 28 heavy (non-hydrogen) atoms. The summed E-state index contributed by atoms with van der Waals surface area (Å²) in [6.07, 6.45) is 1.49. The van der Waals surface area contributed by atoms with Gasteiger partial charge < -0.3 is 9.47 Å². The van der Waals surface area contributed by atoms with Gasteiger partial charge in [-0.25, -0.2) is 8.78 Å². The molecule has 0 radical (unpaired) electrons. The molecule has 0 bridgehead atoms. The van der Waals surface area contributed by atoms with Gasteiger partial charge in [0.15, 0.2) is 5.76 Å². The van der Waals surface area contributed by atoms with Gasteiger partial charge in [0.05, 0.1) is 10.6 Å². The van der Waals surface area contributed by atoms with Crippen molar-refractivity contribution in [3.05, 3.63) is 99.8 Å². The minimum atomic E-state index is -0.421. The molecular weight excluding hydrogens is 386 g/mol. The Morgan fingerprint density at radius 2 is 1.82 bits per heavy atom. The monoisotopic (exact) mass is 398 g/mol. The molecule has 0 atom stereocenters. The molecule has 1 aliphatic heterocycles. The van der Waals surface area contributed by atoms with Gasteiger partial charge in [-0.3, -0.25) is 4.79 Å². The van der Waals surface area contributed by atoms with Crippen molar-refractivity contribution in [3.63, 3.8) is 0 Å². The van der Waals surface area contributed by atoms with Gasteiger partial charge in [0.1, 0.15) is 29.7 Å². The first-order valence-electron chi connectivity index (χ1n) is 8.40. The van der Waals surface area contributed by atoms with E-state index in [0.717, 1.165) is 0 Å². The second kappa shape index (κ2) is 7.44. The van der Waals surface area contributed by atoms with Crippen LogP contribution in [0.15, 0.2) is 66.4 Å². The van der Waals surface area contributed by atoms with Crippen LogP contribution in [0, 0.1) is 11.6 Å². The van der Waals surface area contributed by atoms with Crippen LogP contribution in [-0.2, 0) is 6.61 Å². The van der Waals surface area contributed by atoms with Gasteiger partial charge in [-0.2, -0.15) is 0 Å². The largest absolute Gasteiger partial charge is 0.489 e. The third-order valence-electron chi connectivity index (χ3n) is 4.20. The average molecular weight is 399 g/mol. The van der Waals surface area contributed by atoms with Crippen LogP contribution in [0.3, 0.4) is 0 Å². The highest BCUT2D eigenvalue weighted by Gasteiger charge is 2.27. The Kier molecular flexibility index (Phi) is 4.84. The zero-order valence-corrected chi connectivity index (χ0v) is 15.2. The van der Waals surface area contributed by atoms with Crippen LogP contribution in [0.2, 0.25) is 5.02 Å². The molecule has 0 saturated heterocycles. The van der Waals surface area contributed by atoms with Crippen molar-refractivity contribution in [2.75, 3.05) is 0 Å². The third kappa shape index (κ3) is 3.75. The van der Waals surface area contributed by atoms with Crippen LogP contribution in [-0.4, -0.2) is 5.78 Å². The predicted molar refractivity (Wildman–Crippen MR) is 102 cm³/mol. The molecule has 4 rings (SSSR count). The molecule has 3 aromatic rings. The Hall–Kier alpha value is -3.18. The van der Waals surface area contributed by atoms with E-state index in [0.29, 0.717) is 28.2 Å². The smallest absolute Gasteiger partial charge is 0.231 e. The molecule has 0 aromatic heterocycles. The zero-order valence-electron chi connectivity index (χ0n) is 14.4. The SMILES string of the molecule is O=C1C(=Cc2cccc(F)c2)Oc2cc(OCc3ccc(F)cc3Cl)ccc21. The second-order valence-electron chi connectivity index (χ2n) is 6.18. The lowest BCUT2D eigenvalue weighted by atomic mass is 10.1. The molecule has 0 N–H and O–H groups in total. The molecule has 6 heteroatoms. The van der Waals surface area contributed by atoms with Crippen molar-refractivity contribution in [2.24, 2.45) is 0 Å². The number of fused-ring (bicyclic) bond motifs is 1. The Bertz CT molecular complexity index is 1110. The van der Waals surface area contributed by atoms with Crippen LogP contribution in [0.1, 0.15) is 21.5 Å². The highest BCUT2D eigenvalue weighted by atomic mass is 35.5. The van der Waals surface area contributed by atoms with Crippen molar-refractivity contribution >= 4 is 23.5 Å². The van der Waals surface area contributed by atoms with Crippen LogP contribution >= 0.6 is 11.6 Å².